The van der Waals surface area contributed by atoms with Crippen molar-refractivity contribution in [3.8, 4) is 5.75 Å². The lowest BCUT2D eigenvalue weighted by Gasteiger charge is -2.25. The van der Waals surface area contributed by atoms with Gasteiger partial charge in [-0.2, -0.15) is 11.8 Å². The molecule has 44 heavy (non-hydrogen) atoms. The van der Waals surface area contributed by atoms with Gasteiger partial charge in [-0.25, -0.2) is 4.79 Å². The lowest BCUT2D eigenvalue weighted by atomic mass is 10.0. The SMILES string of the molecule is CSCCC(NC(=O)C(Cc1ccc(O)cc1)NC(=O)C(N)CCC(N)=O)C(=O)NC(Cc1c[nH]c2ccccc12)C(=O)O. The standard InChI is InChI=1S/C30H38N6O7S/c1-44-13-12-23(28(40)36-25(30(42)43)15-18-16-33-22-5-3-2-4-20(18)22)34-29(41)24(14-17-6-8-19(37)9-7-17)35-27(39)21(31)10-11-26(32)38/h2-9,16,21,23-25,33,37H,10-15,31H2,1H3,(H2,32,38)(H,34,41)(H,35,39)(H,36,40)(H,42,43). The number of para-hydroxylation sites is 1. The van der Waals surface area contributed by atoms with Gasteiger partial charge in [-0.3, -0.25) is 19.2 Å². The number of nitrogens with two attached hydrogens (primary N) is 2. The summed E-state index contributed by atoms with van der Waals surface area (Å²) in [5, 5.41) is 28.2. The van der Waals surface area contributed by atoms with Crippen LogP contribution in [0.4, 0.5) is 0 Å². The molecular formula is C30H38N6O7S. The van der Waals surface area contributed by atoms with E-state index in [9.17, 15) is 34.2 Å². The second-order valence-corrected chi connectivity index (χ2v) is 11.3. The molecule has 3 aromatic rings. The Hall–Kier alpha value is -4.56. The number of fused-ring (bicyclic) bond motifs is 1. The third-order valence-electron chi connectivity index (χ3n) is 7.00. The second kappa shape index (κ2) is 16.3. The van der Waals surface area contributed by atoms with Gasteiger partial charge in [0.2, 0.25) is 23.6 Å². The summed E-state index contributed by atoms with van der Waals surface area (Å²) in [5.74, 6) is -3.45. The van der Waals surface area contributed by atoms with Crippen molar-refractivity contribution in [3.63, 3.8) is 0 Å². The van der Waals surface area contributed by atoms with Gasteiger partial charge >= 0.3 is 5.97 Å². The van der Waals surface area contributed by atoms with Crippen LogP contribution in [0.2, 0.25) is 0 Å². The number of carbonyl (C=O) groups is 5. The summed E-state index contributed by atoms with van der Waals surface area (Å²) in [5.41, 5.74) is 13.2. The number of aromatic hydroxyl groups is 1. The van der Waals surface area contributed by atoms with E-state index >= 15 is 0 Å². The van der Waals surface area contributed by atoms with Crippen LogP contribution in [0.3, 0.4) is 0 Å². The van der Waals surface area contributed by atoms with Gasteiger partial charge in [-0.1, -0.05) is 30.3 Å². The Kier molecular flexibility index (Phi) is 12.6. The third kappa shape index (κ3) is 10.0. The number of thioether (sulfide) groups is 1. The van der Waals surface area contributed by atoms with Gasteiger partial charge in [0.1, 0.15) is 23.9 Å². The number of nitrogens with one attached hydrogen (secondary N) is 4. The van der Waals surface area contributed by atoms with Crippen molar-refractivity contribution in [2.24, 2.45) is 11.5 Å². The lowest BCUT2D eigenvalue weighted by molar-refractivity contribution is -0.142. The van der Waals surface area contributed by atoms with E-state index in [1.807, 2.05) is 30.5 Å². The number of aromatic nitrogens is 1. The van der Waals surface area contributed by atoms with Gasteiger partial charge in [-0.05, 0) is 54.2 Å². The summed E-state index contributed by atoms with van der Waals surface area (Å²) < 4.78 is 0. The first-order valence-corrected chi connectivity index (χ1v) is 15.4. The topological polar surface area (TPSA) is 230 Å². The molecule has 0 radical (unpaired) electrons. The molecule has 1 heterocycles. The van der Waals surface area contributed by atoms with Crippen molar-refractivity contribution in [1.29, 1.82) is 0 Å². The van der Waals surface area contributed by atoms with E-state index in [4.69, 9.17) is 11.5 Å². The Morgan fingerprint density at radius 1 is 0.864 bits per heavy atom. The minimum atomic E-state index is -1.27. The van der Waals surface area contributed by atoms with Crippen LogP contribution in [-0.4, -0.2) is 81.0 Å². The monoisotopic (exact) mass is 626 g/mol. The van der Waals surface area contributed by atoms with Crippen molar-refractivity contribution in [2.75, 3.05) is 12.0 Å². The Morgan fingerprint density at radius 2 is 1.50 bits per heavy atom. The number of carbonyl (C=O) groups excluding carboxylic acids is 4. The van der Waals surface area contributed by atoms with Gasteiger partial charge in [0, 0.05) is 36.4 Å². The number of aromatic amines is 1. The predicted molar refractivity (Wildman–Crippen MR) is 167 cm³/mol. The molecule has 13 nitrogen and oxygen atoms in total. The summed E-state index contributed by atoms with van der Waals surface area (Å²) in [6, 6.07) is 8.73. The van der Waals surface area contributed by atoms with E-state index in [0.717, 1.165) is 10.9 Å². The lowest BCUT2D eigenvalue weighted by Crippen LogP contribution is -2.58. The van der Waals surface area contributed by atoms with Crippen LogP contribution < -0.4 is 27.4 Å². The maximum atomic E-state index is 13.5. The van der Waals surface area contributed by atoms with Gasteiger partial charge in [0.25, 0.3) is 0 Å². The number of carboxylic acids is 1. The Bertz CT molecular complexity index is 1460. The molecule has 1 aromatic heterocycles. The Morgan fingerprint density at radius 3 is 2.16 bits per heavy atom. The fourth-order valence-electron chi connectivity index (χ4n) is 4.55. The van der Waals surface area contributed by atoms with Crippen molar-refractivity contribution in [1.82, 2.24) is 20.9 Å². The summed E-state index contributed by atoms with van der Waals surface area (Å²) in [7, 11) is 0. The highest BCUT2D eigenvalue weighted by atomic mass is 32.2. The molecule has 14 heteroatoms. The normalized spacial score (nSPS) is 13.8. The molecule has 10 N–H and O–H groups in total. The minimum absolute atomic E-state index is 0.00439. The van der Waals surface area contributed by atoms with Crippen LogP contribution in [0.5, 0.6) is 5.75 Å². The number of amides is 4. The molecule has 0 saturated carbocycles. The van der Waals surface area contributed by atoms with E-state index in [1.165, 1.54) is 23.9 Å². The fraction of sp³-hybridized carbons (Fsp3) is 0.367. The first-order valence-electron chi connectivity index (χ1n) is 14.0. The number of phenols is 1. The minimum Gasteiger partial charge on any atom is -0.508 e. The molecule has 0 aliphatic heterocycles. The zero-order chi connectivity index (χ0) is 32.2. The maximum Gasteiger partial charge on any atom is 0.326 e. The molecule has 0 fully saturated rings. The van der Waals surface area contributed by atoms with E-state index in [0.29, 0.717) is 16.9 Å². The third-order valence-corrected chi connectivity index (χ3v) is 7.65. The van der Waals surface area contributed by atoms with Crippen molar-refractivity contribution in [2.45, 2.75) is 56.3 Å². The molecule has 4 amide bonds. The van der Waals surface area contributed by atoms with Gasteiger partial charge < -0.3 is 42.6 Å². The highest BCUT2D eigenvalue weighted by Crippen LogP contribution is 2.19. The maximum absolute atomic E-state index is 13.5. The van der Waals surface area contributed by atoms with E-state index in [1.54, 1.807) is 18.3 Å². The van der Waals surface area contributed by atoms with Crippen molar-refractivity contribution >= 4 is 52.3 Å². The van der Waals surface area contributed by atoms with Crippen molar-refractivity contribution in [3.05, 3.63) is 65.9 Å². The number of rotatable bonds is 17. The first kappa shape index (κ1) is 33.9. The molecule has 4 unspecified atom stereocenters. The Labute approximate surface area is 258 Å². The average Bonchev–Trinajstić information content (AvgIpc) is 3.40. The number of primary amides is 1. The molecular weight excluding hydrogens is 588 g/mol. The first-order chi connectivity index (χ1) is 21.0. The molecule has 0 aliphatic rings. The zero-order valence-electron chi connectivity index (χ0n) is 24.2. The average molecular weight is 627 g/mol. The number of hydrogen-bond donors (Lipinski definition) is 8. The molecule has 236 valence electrons. The molecule has 0 bridgehead atoms. The fourth-order valence-corrected chi connectivity index (χ4v) is 5.03. The number of carboxylic acid groups (broad SMARTS) is 1. The summed E-state index contributed by atoms with van der Waals surface area (Å²) in [6.07, 6.45) is 3.58. The Balaban J connectivity index is 1.77. The molecule has 2 aromatic carbocycles. The second-order valence-electron chi connectivity index (χ2n) is 10.3. The highest BCUT2D eigenvalue weighted by Gasteiger charge is 2.31. The number of benzene rings is 2. The molecule has 4 atom stereocenters. The summed E-state index contributed by atoms with van der Waals surface area (Å²) in [6.45, 7) is 0. The molecule has 0 aliphatic carbocycles. The largest absolute Gasteiger partial charge is 0.508 e. The van der Waals surface area contributed by atoms with Gasteiger partial charge in [0.05, 0.1) is 6.04 Å². The van der Waals surface area contributed by atoms with Gasteiger partial charge in [-0.15, -0.1) is 0 Å². The summed E-state index contributed by atoms with van der Waals surface area (Å²) in [4.78, 5) is 66.1. The van der Waals surface area contributed by atoms with E-state index in [-0.39, 0.29) is 37.9 Å². The molecule has 3 rings (SSSR count). The number of aliphatic carboxylic acids is 1. The number of phenolic OH excluding ortho intramolecular Hbond substituents is 1. The quantitative estimate of drug-likeness (QED) is 0.104. The van der Waals surface area contributed by atoms with Gasteiger partial charge in [0.15, 0.2) is 0 Å². The van der Waals surface area contributed by atoms with Crippen LogP contribution in [0.1, 0.15) is 30.4 Å². The van der Waals surface area contributed by atoms with Crippen LogP contribution in [0.15, 0.2) is 54.7 Å². The zero-order valence-corrected chi connectivity index (χ0v) is 25.1. The van der Waals surface area contributed by atoms with Crippen LogP contribution in [-0.2, 0) is 36.8 Å². The van der Waals surface area contributed by atoms with Crippen molar-refractivity contribution < 1.29 is 34.2 Å². The van der Waals surface area contributed by atoms with Crippen LogP contribution >= 0.6 is 11.8 Å². The summed E-state index contributed by atoms with van der Waals surface area (Å²) >= 11 is 1.44. The molecule has 0 spiro atoms. The van der Waals surface area contributed by atoms with Crippen LogP contribution in [0, 0.1) is 0 Å². The van der Waals surface area contributed by atoms with E-state index < -0.39 is 53.8 Å². The smallest absolute Gasteiger partial charge is 0.326 e. The predicted octanol–water partition coefficient (Wildman–Crippen LogP) is 0.544. The highest BCUT2D eigenvalue weighted by molar-refractivity contribution is 7.98. The molecule has 0 saturated heterocycles. The van der Waals surface area contributed by atoms with Crippen LogP contribution in [0.25, 0.3) is 10.9 Å². The van der Waals surface area contributed by atoms with E-state index in [2.05, 4.69) is 20.9 Å². The number of hydrogen-bond acceptors (Lipinski definition) is 8. The number of H-pyrrole nitrogens is 1.